The van der Waals surface area contributed by atoms with E-state index in [0.29, 0.717) is 12.1 Å². The highest BCUT2D eigenvalue weighted by atomic mass is 16.6. The molecule has 0 saturated carbocycles. The van der Waals surface area contributed by atoms with Crippen molar-refractivity contribution in [1.82, 2.24) is 5.32 Å². The Morgan fingerprint density at radius 1 is 1.78 bits per heavy atom. The summed E-state index contributed by atoms with van der Waals surface area (Å²) in [6.45, 7) is 6.42. The van der Waals surface area contributed by atoms with E-state index in [1.54, 1.807) is 0 Å². The molecule has 0 aromatic rings. The van der Waals surface area contributed by atoms with Crippen molar-refractivity contribution in [3.63, 3.8) is 0 Å². The van der Waals surface area contributed by atoms with E-state index in [2.05, 4.69) is 19.2 Å². The summed E-state index contributed by atoms with van der Waals surface area (Å²) in [5, 5.41) is 3.37. The molecule has 1 aliphatic rings. The fraction of sp³-hybridized carbons (Fsp3) is 1.00. The van der Waals surface area contributed by atoms with E-state index in [9.17, 15) is 0 Å². The first-order valence-electron chi connectivity index (χ1n) is 3.69. The molecule has 0 aliphatic carbocycles. The summed E-state index contributed by atoms with van der Waals surface area (Å²) in [5.74, 6) is 0. The molecule has 0 bridgehead atoms. The molecule has 2 nitrogen and oxygen atoms in total. The van der Waals surface area contributed by atoms with Crippen LogP contribution in [0.1, 0.15) is 20.3 Å². The molecule has 1 aliphatic heterocycles. The maximum Gasteiger partial charge on any atom is 0.0959 e. The first-order valence-corrected chi connectivity index (χ1v) is 3.69. The Labute approximate surface area is 56.6 Å². The van der Waals surface area contributed by atoms with Crippen molar-refractivity contribution in [2.75, 3.05) is 13.2 Å². The van der Waals surface area contributed by atoms with E-state index in [-0.39, 0.29) is 0 Å². The molecule has 1 heterocycles. The largest absolute Gasteiger partial charge is 0.371 e. The minimum absolute atomic E-state index is 0.511. The minimum atomic E-state index is 0.511. The molecule has 2 atom stereocenters. The zero-order chi connectivity index (χ0) is 6.69. The molecule has 1 N–H and O–H groups in total. The van der Waals surface area contributed by atoms with Gasteiger partial charge in [0.25, 0.3) is 0 Å². The van der Waals surface area contributed by atoms with Gasteiger partial charge in [-0.05, 0) is 19.9 Å². The molecule has 1 rings (SSSR count). The van der Waals surface area contributed by atoms with Crippen LogP contribution in [0.5, 0.6) is 0 Å². The lowest BCUT2D eigenvalue weighted by molar-refractivity contribution is 0.352. The average molecular weight is 129 g/mol. The van der Waals surface area contributed by atoms with E-state index in [4.69, 9.17) is 4.74 Å². The van der Waals surface area contributed by atoms with Gasteiger partial charge >= 0.3 is 0 Å². The van der Waals surface area contributed by atoms with Crippen molar-refractivity contribution < 1.29 is 4.74 Å². The normalized spacial score (nSPS) is 28.0. The third-order valence-electron chi connectivity index (χ3n) is 1.63. The number of rotatable bonds is 4. The molecule has 1 saturated heterocycles. The number of hydrogen-bond acceptors (Lipinski definition) is 2. The van der Waals surface area contributed by atoms with Crippen LogP contribution in [0.2, 0.25) is 0 Å². The summed E-state index contributed by atoms with van der Waals surface area (Å²) in [4.78, 5) is 0. The molecule has 0 radical (unpaired) electrons. The molecule has 54 valence electrons. The van der Waals surface area contributed by atoms with Crippen LogP contribution in [0.4, 0.5) is 0 Å². The molecule has 0 spiro atoms. The van der Waals surface area contributed by atoms with Crippen molar-refractivity contribution in [1.29, 1.82) is 0 Å². The topological polar surface area (TPSA) is 24.6 Å². The third kappa shape index (κ3) is 2.33. The fourth-order valence-corrected chi connectivity index (χ4v) is 0.848. The number of hydrogen-bond donors (Lipinski definition) is 1. The molecule has 2 heteroatoms. The van der Waals surface area contributed by atoms with Gasteiger partial charge in [-0.25, -0.2) is 0 Å². The Bertz CT molecular complexity index is 81.0. The Kier molecular flexibility index (Phi) is 2.49. The van der Waals surface area contributed by atoms with Crippen molar-refractivity contribution in [3.8, 4) is 0 Å². The number of ether oxygens (including phenoxy) is 1. The Morgan fingerprint density at radius 3 is 2.89 bits per heavy atom. The van der Waals surface area contributed by atoms with Crippen LogP contribution in [-0.2, 0) is 4.74 Å². The standard InChI is InChI=1S/C7H15NO/c1-3-4-8-6(2)7-5-9-7/h6-8H,3-5H2,1-2H3. The predicted molar refractivity (Wildman–Crippen MR) is 37.5 cm³/mol. The maximum absolute atomic E-state index is 5.10. The lowest BCUT2D eigenvalue weighted by Gasteiger charge is -2.08. The predicted octanol–water partition coefficient (Wildman–Crippen LogP) is 0.773. The zero-order valence-corrected chi connectivity index (χ0v) is 6.18. The van der Waals surface area contributed by atoms with Gasteiger partial charge in [0, 0.05) is 6.04 Å². The first kappa shape index (κ1) is 7.03. The average Bonchev–Trinajstić information content (AvgIpc) is 2.63. The van der Waals surface area contributed by atoms with Gasteiger partial charge in [-0.2, -0.15) is 0 Å². The fourth-order valence-electron chi connectivity index (χ4n) is 0.848. The highest BCUT2D eigenvalue weighted by molar-refractivity contribution is 4.80. The van der Waals surface area contributed by atoms with Gasteiger partial charge in [-0.15, -0.1) is 0 Å². The monoisotopic (exact) mass is 129 g/mol. The SMILES string of the molecule is CCCNC(C)C1CO1. The van der Waals surface area contributed by atoms with Crippen LogP contribution in [0.3, 0.4) is 0 Å². The summed E-state index contributed by atoms with van der Waals surface area (Å²) in [6.07, 6.45) is 1.72. The molecule has 0 amide bonds. The van der Waals surface area contributed by atoms with E-state index in [0.717, 1.165) is 13.2 Å². The molecule has 1 fully saturated rings. The van der Waals surface area contributed by atoms with Gasteiger partial charge in [0.1, 0.15) is 0 Å². The molecular formula is C7H15NO. The summed E-state index contributed by atoms with van der Waals surface area (Å²) >= 11 is 0. The summed E-state index contributed by atoms with van der Waals surface area (Å²) in [6, 6.07) is 0.560. The molecule has 2 unspecified atom stereocenters. The van der Waals surface area contributed by atoms with Gasteiger partial charge in [0.05, 0.1) is 12.7 Å². The van der Waals surface area contributed by atoms with Crippen molar-refractivity contribution in [2.24, 2.45) is 0 Å². The van der Waals surface area contributed by atoms with Crippen LogP contribution >= 0.6 is 0 Å². The molecule has 0 aromatic carbocycles. The summed E-state index contributed by atoms with van der Waals surface area (Å²) in [7, 11) is 0. The number of epoxide rings is 1. The zero-order valence-electron chi connectivity index (χ0n) is 6.18. The smallest absolute Gasteiger partial charge is 0.0959 e. The molecular weight excluding hydrogens is 114 g/mol. The molecule has 0 aromatic heterocycles. The maximum atomic E-state index is 5.10. The second kappa shape index (κ2) is 3.18. The highest BCUT2D eigenvalue weighted by Gasteiger charge is 2.28. The van der Waals surface area contributed by atoms with E-state index < -0.39 is 0 Å². The van der Waals surface area contributed by atoms with Crippen molar-refractivity contribution in [3.05, 3.63) is 0 Å². The van der Waals surface area contributed by atoms with E-state index in [1.165, 1.54) is 6.42 Å². The van der Waals surface area contributed by atoms with Crippen LogP contribution in [0.25, 0.3) is 0 Å². The Morgan fingerprint density at radius 2 is 2.44 bits per heavy atom. The Balaban J connectivity index is 1.96. The summed E-state index contributed by atoms with van der Waals surface area (Å²) in [5.41, 5.74) is 0. The third-order valence-corrected chi connectivity index (χ3v) is 1.63. The lowest BCUT2D eigenvalue weighted by Crippen LogP contribution is -2.31. The number of nitrogens with one attached hydrogen (secondary N) is 1. The second-order valence-electron chi connectivity index (χ2n) is 2.61. The first-order chi connectivity index (χ1) is 4.34. The van der Waals surface area contributed by atoms with Crippen LogP contribution in [0, 0.1) is 0 Å². The Hall–Kier alpha value is -0.0800. The van der Waals surface area contributed by atoms with E-state index in [1.807, 2.05) is 0 Å². The highest BCUT2D eigenvalue weighted by Crippen LogP contribution is 2.12. The van der Waals surface area contributed by atoms with Gasteiger partial charge in [0.15, 0.2) is 0 Å². The quantitative estimate of drug-likeness (QED) is 0.567. The second-order valence-corrected chi connectivity index (χ2v) is 2.61. The van der Waals surface area contributed by atoms with Gasteiger partial charge in [0.2, 0.25) is 0 Å². The summed E-state index contributed by atoms with van der Waals surface area (Å²) < 4.78 is 5.10. The van der Waals surface area contributed by atoms with Crippen molar-refractivity contribution >= 4 is 0 Å². The van der Waals surface area contributed by atoms with Crippen LogP contribution in [0.15, 0.2) is 0 Å². The van der Waals surface area contributed by atoms with E-state index >= 15 is 0 Å². The van der Waals surface area contributed by atoms with Crippen LogP contribution < -0.4 is 5.32 Å². The van der Waals surface area contributed by atoms with Gasteiger partial charge in [-0.1, -0.05) is 6.92 Å². The molecule has 9 heavy (non-hydrogen) atoms. The van der Waals surface area contributed by atoms with Gasteiger partial charge < -0.3 is 10.1 Å². The van der Waals surface area contributed by atoms with Crippen LogP contribution in [-0.4, -0.2) is 25.3 Å². The van der Waals surface area contributed by atoms with Crippen molar-refractivity contribution in [2.45, 2.75) is 32.4 Å². The minimum Gasteiger partial charge on any atom is -0.371 e. The van der Waals surface area contributed by atoms with Gasteiger partial charge in [-0.3, -0.25) is 0 Å². The lowest BCUT2D eigenvalue weighted by atomic mass is 10.2.